The first kappa shape index (κ1) is 12.1. The first-order valence-corrected chi connectivity index (χ1v) is 4.66. The molecule has 0 unspecified atom stereocenters. The number of nitrogen functional groups attached to an aromatic ring is 1. The molecule has 1 aromatic carbocycles. The Balaban J connectivity index is 3.09. The Kier molecular flexibility index (Phi) is 3.96. The van der Waals surface area contributed by atoms with Gasteiger partial charge < -0.3 is 11.5 Å². The number of halogens is 1. The van der Waals surface area contributed by atoms with Gasteiger partial charge in [0.25, 0.3) is 5.69 Å². The van der Waals surface area contributed by atoms with Crippen molar-refractivity contribution in [3.8, 4) is 0 Å². The standard InChI is InChI=1S/C10H12FN3O2/c11-8-6-9(13)10(14(15)16)5-7(8)3-1-2-4-12/h1,3,5-6H,2,4,12-13H2. The van der Waals surface area contributed by atoms with Crippen molar-refractivity contribution in [1.29, 1.82) is 0 Å². The molecule has 5 nitrogen and oxygen atoms in total. The Bertz CT molecular complexity index is 432. The van der Waals surface area contributed by atoms with Crippen molar-refractivity contribution < 1.29 is 9.31 Å². The summed E-state index contributed by atoms with van der Waals surface area (Å²) in [7, 11) is 0. The van der Waals surface area contributed by atoms with Crippen LogP contribution in [0.2, 0.25) is 0 Å². The maximum Gasteiger partial charge on any atom is 0.292 e. The number of hydrogen-bond acceptors (Lipinski definition) is 4. The molecule has 0 saturated heterocycles. The van der Waals surface area contributed by atoms with Crippen molar-refractivity contribution in [1.82, 2.24) is 0 Å². The predicted octanol–water partition coefficient (Wildman–Crippen LogP) is 1.68. The number of nitro benzene ring substituents is 1. The van der Waals surface area contributed by atoms with E-state index in [0.717, 1.165) is 12.1 Å². The topological polar surface area (TPSA) is 95.2 Å². The lowest BCUT2D eigenvalue weighted by atomic mass is 10.1. The predicted molar refractivity (Wildman–Crippen MR) is 60.2 cm³/mol. The summed E-state index contributed by atoms with van der Waals surface area (Å²) < 4.78 is 13.3. The van der Waals surface area contributed by atoms with Crippen LogP contribution in [0.15, 0.2) is 18.2 Å². The van der Waals surface area contributed by atoms with Gasteiger partial charge in [-0.2, -0.15) is 0 Å². The molecule has 0 heterocycles. The summed E-state index contributed by atoms with van der Waals surface area (Å²) in [6, 6.07) is 2.05. The summed E-state index contributed by atoms with van der Waals surface area (Å²) in [4.78, 5) is 9.93. The van der Waals surface area contributed by atoms with E-state index in [-0.39, 0.29) is 16.9 Å². The molecule has 1 rings (SSSR count). The lowest BCUT2D eigenvalue weighted by molar-refractivity contribution is -0.383. The summed E-state index contributed by atoms with van der Waals surface area (Å²) in [6.07, 6.45) is 3.69. The second-order valence-electron chi connectivity index (χ2n) is 3.17. The van der Waals surface area contributed by atoms with Crippen LogP contribution < -0.4 is 11.5 Å². The van der Waals surface area contributed by atoms with Crippen molar-refractivity contribution in [3.05, 3.63) is 39.7 Å². The average Bonchev–Trinajstić information content (AvgIpc) is 2.21. The zero-order valence-corrected chi connectivity index (χ0v) is 8.52. The quantitative estimate of drug-likeness (QED) is 0.463. The summed E-state index contributed by atoms with van der Waals surface area (Å²) in [5, 5.41) is 10.6. The van der Waals surface area contributed by atoms with Crippen molar-refractivity contribution >= 4 is 17.5 Å². The summed E-state index contributed by atoms with van der Waals surface area (Å²) >= 11 is 0. The highest BCUT2D eigenvalue weighted by molar-refractivity contribution is 5.65. The molecule has 0 radical (unpaired) electrons. The summed E-state index contributed by atoms with van der Waals surface area (Å²) in [5.41, 5.74) is 10.2. The number of nitrogens with two attached hydrogens (primary N) is 2. The van der Waals surface area contributed by atoms with Crippen LogP contribution >= 0.6 is 0 Å². The molecular formula is C10H12FN3O2. The number of anilines is 1. The maximum atomic E-state index is 13.3. The summed E-state index contributed by atoms with van der Waals surface area (Å²) in [6.45, 7) is 0.440. The van der Waals surface area contributed by atoms with Crippen LogP contribution in [0, 0.1) is 15.9 Å². The number of nitro groups is 1. The molecule has 0 saturated carbocycles. The van der Waals surface area contributed by atoms with Crippen LogP contribution in [0.5, 0.6) is 0 Å². The van der Waals surface area contributed by atoms with Crippen LogP contribution in [0.25, 0.3) is 6.08 Å². The first-order valence-electron chi connectivity index (χ1n) is 4.66. The molecule has 0 atom stereocenters. The molecule has 6 heteroatoms. The Morgan fingerprint density at radius 2 is 2.19 bits per heavy atom. The van der Waals surface area contributed by atoms with Crippen LogP contribution in [-0.4, -0.2) is 11.5 Å². The second-order valence-corrected chi connectivity index (χ2v) is 3.17. The van der Waals surface area contributed by atoms with Gasteiger partial charge >= 0.3 is 0 Å². The fourth-order valence-electron chi connectivity index (χ4n) is 1.19. The van der Waals surface area contributed by atoms with E-state index < -0.39 is 10.7 Å². The number of benzene rings is 1. The van der Waals surface area contributed by atoms with Crippen LogP contribution in [0.4, 0.5) is 15.8 Å². The molecule has 0 amide bonds. The van der Waals surface area contributed by atoms with Crippen molar-refractivity contribution in [2.75, 3.05) is 12.3 Å². The van der Waals surface area contributed by atoms with E-state index in [1.165, 1.54) is 6.08 Å². The minimum atomic E-state index is -0.644. The minimum Gasteiger partial charge on any atom is -0.393 e. The third-order valence-corrected chi connectivity index (χ3v) is 1.97. The Morgan fingerprint density at radius 3 is 2.75 bits per heavy atom. The lowest BCUT2D eigenvalue weighted by Crippen LogP contribution is -1.98. The third kappa shape index (κ3) is 2.77. The van der Waals surface area contributed by atoms with E-state index in [2.05, 4.69) is 0 Å². The minimum absolute atomic E-state index is 0.134. The zero-order chi connectivity index (χ0) is 12.1. The van der Waals surface area contributed by atoms with Gasteiger partial charge in [-0.25, -0.2) is 4.39 Å². The first-order chi connectivity index (χ1) is 7.56. The molecular weight excluding hydrogens is 213 g/mol. The molecule has 4 N–H and O–H groups in total. The van der Waals surface area contributed by atoms with Crippen molar-refractivity contribution in [3.63, 3.8) is 0 Å². The van der Waals surface area contributed by atoms with Gasteiger partial charge in [-0.1, -0.05) is 12.2 Å². The van der Waals surface area contributed by atoms with Gasteiger partial charge in [-0.15, -0.1) is 0 Å². The molecule has 86 valence electrons. The van der Waals surface area contributed by atoms with E-state index in [1.54, 1.807) is 6.08 Å². The SMILES string of the molecule is NCCC=Cc1cc([N+](=O)[O-])c(N)cc1F. The normalized spacial score (nSPS) is 10.9. The molecule has 0 aromatic heterocycles. The fraction of sp³-hybridized carbons (Fsp3) is 0.200. The number of rotatable bonds is 4. The summed E-state index contributed by atoms with van der Waals surface area (Å²) in [5.74, 6) is -0.587. The van der Waals surface area contributed by atoms with E-state index in [9.17, 15) is 14.5 Å². The second kappa shape index (κ2) is 5.22. The van der Waals surface area contributed by atoms with Gasteiger partial charge in [0.1, 0.15) is 11.5 Å². The third-order valence-electron chi connectivity index (χ3n) is 1.97. The highest BCUT2D eigenvalue weighted by Gasteiger charge is 2.14. The van der Waals surface area contributed by atoms with E-state index >= 15 is 0 Å². The van der Waals surface area contributed by atoms with Crippen LogP contribution in [0.3, 0.4) is 0 Å². The molecule has 0 aliphatic rings. The molecule has 0 bridgehead atoms. The molecule has 0 spiro atoms. The van der Waals surface area contributed by atoms with Crippen molar-refractivity contribution in [2.45, 2.75) is 6.42 Å². The Labute approximate surface area is 91.7 Å². The van der Waals surface area contributed by atoms with Gasteiger partial charge in [-0.3, -0.25) is 10.1 Å². The lowest BCUT2D eigenvalue weighted by Gasteiger charge is -2.00. The highest BCUT2D eigenvalue weighted by atomic mass is 19.1. The zero-order valence-electron chi connectivity index (χ0n) is 8.52. The van der Waals surface area contributed by atoms with E-state index in [4.69, 9.17) is 11.5 Å². The van der Waals surface area contributed by atoms with Gasteiger partial charge in [0.2, 0.25) is 0 Å². The Morgan fingerprint density at radius 1 is 1.50 bits per heavy atom. The number of hydrogen-bond donors (Lipinski definition) is 2. The van der Waals surface area contributed by atoms with Gasteiger partial charge in [0.05, 0.1) is 4.92 Å². The largest absolute Gasteiger partial charge is 0.393 e. The fourth-order valence-corrected chi connectivity index (χ4v) is 1.19. The van der Waals surface area contributed by atoms with Gasteiger partial charge in [0.15, 0.2) is 0 Å². The molecule has 1 aromatic rings. The van der Waals surface area contributed by atoms with Crippen molar-refractivity contribution in [2.24, 2.45) is 5.73 Å². The molecule has 0 fully saturated rings. The molecule has 0 aliphatic heterocycles. The smallest absolute Gasteiger partial charge is 0.292 e. The van der Waals surface area contributed by atoms with Crippen LogP contribution in [-0.2, 0) is 0 Å². The van der Waals surface area contributed by atoms with E-state index in [0.29, 0.717) is 13.0 Å². The molecule has 0 aliphatic carbocycles. The van der Waals surface area contributed by atoms with Crippen LogP contribution in [0.1, 0.15) is 12.0 Å². The van der Waals surface area contributed by atoms with E-state index in [1.807, 2.05) is 0 Å². The van der Waals surface area contributed by atoms with Gasteiger partial charge in [-0.05, 0) is 13.0 Å². The highest BCUT2D eigenvalue weighted by Crippen LogP contribution is 2.25. The average molecular weight is 225 g/mol. The van der Waals surface area contributed by atoms with Gasteiger partial charge in [0, 0.05) is 17.7 Å². The maximum absolute atomic E-state index is 13.3. The monoisotopic (exact) mass is 225 g/mol. The number of nitrogens with zero attached hydrogens (tertiary/aromatic N) is 1. The molecule has 16 heavy (non-hydrogen) atoms. The Hall–Kier alpha value is -1.95.